The summed E-state index contributed by atoms with van der Waals surface area (Å²) in [5, 5.41) is 7.36. The molecule has 0 aliphatic heterocycles. The van der Waals surface area contributed by atoms with Gasteiger partial charge in [0.25, 0.3) is 0 Å². The van der Waals surface area contributed by atoms with Gasteiger partial charge >= 0.3 is 0 Å². The molecule has 10 rings (SSSR count). The number of rotatable bonds is 0. The Kier molecular flexibility index (Phi) is 31.7. The lowest BCUT2D eigenvalue weighted by atomic mass is 10.1. The molecule has 0 aliphatic rings. The Hall–Kier alpha value is -6.92. The van der Waals surface area contributed by atoms with Crippen LogP contribution in [0.3, 0.4) is 0 Å². The third-order valence-electron chi connectivity index (χ3n) is 8.74. The molecular formula is C60H78N6. The molecule has 0 saturated carbocycles. The fraction of sp³-hybridized carbons (Fsp3) is 0.267. The molecule has 0 saturated heterocycles. The van der Waals surface area contributed by atoms with E-state index in [1.807, 2.05) is 162 Å². The number of nitrogens with zero attached hydrogens (tertiary/aromatic N) is 6. The molecule has 0 atom stereocenters. The normalized spacial score (nSPS) is 9.02. The van der Waals surface area contributed by atoms with Crippen LogP contribution in [0.2, 0.25) is 0 Å². The zero-order valence-corrected chi connectivity index (χ0v) is 41.9. The molecule has 0 radical (unpaired) electrons. The topological polar surface area (TPSA) is 77.3 Å². The van der Waals surface area contributed by atoms with E-state index in [1.165, 1.54) is 60.1 Å². The van der Waals surface area contributed by atoms with Gasteiger partial charge in [-0.3, -0.25) is 29.9 Å². The molecule has 10 aromatic rings. The fourth-order valence-electron chi connectivity index (χ4n) is 5.85. The summed E-state index contributed by atoms with van der Waals surface area (Å²) in [6.45, 7) is 30.4. The molecule has 5 heterocycles. The monoisotopic (exact) mass is 883 g/mol. The van der Waals surface area contributed by atoms with Gasteiger partial charge in [-0.2, -0.15) is 0 Å². The van der Waals surface area contributed by atoms with Crippen LogP contribution in [-0.4, -0.2) is 29.9 Å². The molecule has 5 aromatic heterocycles. The lowest BCUT2D eigenvalue weighted by Crippen LogP contribution is -1.81. The number of fused-ring (bicyclic) bond motifs is 5. The molecule has 0 N–H and O–H groups in total. The van der Waals surface area contributed by atoms with Crippen LogP contribution in [0.5, 0.6) is 0 Å². The van der Waals surface area contributed by atoms with Gasteiger partial charge in [-0.15, -0.1) is 0 Å². The lowest BCUT2D eigenvalue weighted by molar-refractivity contribution is 1.28. The first-order chi connectivity index (χ1) is 31.8. The van der Waals surface area contributed by atoms with Crippen molar-refractivity contribution < 1.29 is 0 Å². The predicted octanol–water partition coefficient (Wildman–Crippen LogP) is 17.9. The Morgan fingerprint density at radius 2 is 0.636 bits per heavy atom. The molecule has 0 spiro atoms. The highest BCUT2D eigenvalue weighted by atomic mass is 14.8. The molecule has 0 bridgehead atoms. The second kappa shape index (κ2) is 35.4. The fourth-order valence-corrected chi connectivity index (χ4v) is 5.85. The van der Waals surface area contributed by atoms with E-state index in [9.17, 15) is 0 Å². The van der Waals surface area contributed by atoms with Gasteiger partial charge in [0.15, 0.2) is 0 Å². The summed E-state index contributed by atoms with van der Waals surface area (Å²) in [5.41, 5.74) is 10.4. The summed E-state index contributed by atoms with van der Waals surface area (Å²) >= 11 is 0. The largest absolute Gasteiger partial charge is 0.264 e. The van der Waals surface area contributed by atoms with Gasteiger partial charge in [0.05, 0.1) is 22.1 Å². The Labute approximate surface area is 398 Å². The van der Waals surface area contributed by atoms with Gasteiger partial charge in [-0.25, -0.2) is 0 Å². The Morgan fingerprint density at radius 1 is 0.258 bits per heavy atom. The first-order valence-corrected chi connectivity index (χ1v) is 23.2. The number of pyridine rings is 4. The van der Waals surface area contributed by atoms with E-state index in [0.717, 1.165) is 22.1 Å². The highest BCUT2D eigenvalue weighted by Crippen LogP contribution is 2.15. The van der Waals surface area contributed by atoms with E-state index in [4.69, 9.17) is 0 Å². The molecule has 0 aliphatic carbocycles. The first-order valence-electron chi connectivity index (χ1n) is 23.2. The summed E-state index contributed by atoms with van der Waals surface area (Å²) in [4.78, 5) is 24.9. The van der Waals surface area contributed by atoms with Crippen LogP contribution in [0.25, 0.3) is 54.4 Å². The summed E-state index contributed by atoms with van der Waals surface area (Å²) in [5.74, 6) is 0. The molecule has 0 fully saturated rings. The third-order valence-corrected chi connectivity index (χ3v) is 8.74. The van der Waals surface area contributed by atoms with E-state index in [0.29, 0.717) is 0 Å². The summed E-state index contributed by atoms with van der Waals surface area (Å²) in [6.07, 6.45) is 14.5. The predicted molar refractivity (Wildman–Crippen MR) is 294 cm³/mol. The summed E-state index contributed by atoms with van der Waals surface area (Å²) < 4.78 is 0. The number of hydrogen-bond donors (Lipinski definition) is 0. The van der Waals surface area contributed by atoms with Crippen LogP contribution in [0.1, 0.15) is 104 Å². The first kappa shape index (κ1) is 59.1. The minimum absolute atomic E-state index is 0. The number of aryl methyl sites for hydroxylation is 5. The molecule has 6 nitrogen and oxygen atoms in total. The van der Waals surface area contributed by atoms with Gasteiger partial charge in [-0.05, 0) is 117 Å². The molecule has 0 unspecified atom stereocenters. The van der Waals surface area contributed by atoms with Gasteiger partial charge in [-0.1, -0.05) is 160 Å². The van der Waals surface area contributed by atoms with E-state index in [-0.39, 0.29) is 7.43 Å². The molecular weight excluding hydrogens is 805 g/mol. The standard InChI is InChI=1S/4C10H9N.C9H8N2.5C2H6.CH4/c1-8-2-3-10-7-11-5-4-9(10)6-8;1-8-2-3-9-4-5-11-7-10(9)6-8;1-8-4-5-10-9(7-8)3-2-6-11-10;1-8-4-5-9-3-2-6-11-10(9)7-8;1-7-2-3-8-9(6-7)11-5-4-10-8;5*1-2;/h4*2-7H,1H3;2-6H,1H3;5*1-2H3;1H4. The smallest absolute Gasteiger partial charge is 0.0889 e. The zero-order chi connectivity index (χ0) is 48.4. The molecule has 66 heavy (non-hydrogen) atoms. The van der Waals surface area contributed by atoms with Crippen molar-refractivity contribution in [1.29, 1.82) is 0 Å². The average molecular weight is 883 g/mol. The van der Waals surface area contributed by atoms with Crippen molar-refractivity contribution in [3.8, 4) is 0 Å². The average Bonchev–Trinajstić information content (AvgIpc) is 3.37. The lowest BCUT2D eigenvalue weighted by Gasteiger charge is -1.96. The van der Waals surface area contributed by atoms with Gasteiger partial charge in [0.2, 0.25) is 0 Å². The SMILES string of the molecule is C.CC.CC.CC.CC.CC.Cc1ccc2cccnc2c1.Cc1ccc2ccncc2c1.Cc1ccc2cnccc2c1.Cc1ccc2ncccc2c1.Cc1ccc2nccnc2c1. The quantitative estimate of drug-likeness (QED) is 0.151. The summed E-state index contributed by atoms with van der Waals surface area (Å²) in [7, 11) is 0. The molecule has 6 heteroatoms. The van der Waals surface area contributed by atoms with Gasteiger partial charge in [0, 0.05) is 71.1 Å². The highest BCUT2D eigenvalue weighted by molar-refractivity contribution is 5.83. The molecule has 0 amide bonds. The van der Waals surface area contributed by atoms with E-state index in [1.54, 1.807) is 12.4 Å². The van der Waals surface area contributed by atoms with Crippen LogP contribution in [0.4, 0.5) is 0 Å². The number of hydrogen-bond acceptors (Lipinski definition) is 6. The van der Waals surface area contributed by atoms with Crippen LogP contribution >= 0.6 is 0 Å². The van der Waals surface area contributed by atoms with Crippen molar-refractivity contribution in [2.45, 2.75) is 111 Å². The van der Waals surface area contributed by atoms with E-state index < -0.39 is 0 Å². The van der Waals surface area contributed by atoms with Crippen molar-refractivity contribution in [1.82, 2.24) is 29.9 Å². The van der Waals surface area contributed by atoms with Gasteiger partial charge < -0.3 is 0 Å². The Balaban J connectivity index is 0.000000760. The number of aromatic nitrogens is 6. The van der Waals surface area contributed by atoms with Gasteiger partial charge in [0.1, 0.15) is 0 Å². The minimum Gasteiger partial charge on any atom is -0.264 e. The van der Waals surface area contributed by atoms with Crippen molar-refractivity contribution in [2.24, 2.45) is 0 Å². The van der Waals surface area contributed by atoms with Crippen molar-refractivity contribution in [3.63, 3.8) is 0 Å². The maximum absolute atomic E-state index is 4.24. The maximum Gasteiger partial charge on any atom is 0.0889 e. The van der Waals surface area contributed by atoms with Crippen molar-refractivity contribution in [3.05, 3.63) is 205 Å². The van der Waals surface area contributed by atoms with Crippen LogP contribution in [0.15, 0.2) is 177 Å². The van der Waals surface area contributed by atoms with Crippen LogP contribution in [0, 0.1) is 34.6 Å². The molecule has 5 aromatic carbocycles. The Morgan fingerprint density at radius 3 is 1.23 bits per heavy atom. The maximum atomic E-state index is 4.24. The van der Waals surface area contributed by atoms with Crippen molar-refractivity contribution >= 4 is 54.4 Å². The van der Waals surface area contributed by atoms with Crippen molar-refractivity contribution in [2.75, 3.05) is 0 Å². The zero-order valence-electron chi connectivity index (χ0n) is 41.9. The second-order valence-corrected chi connectivity index (χ2v) is 13.4. The second-order valence-electron chi connectivity index (χ2n) is 13.4. The number of benzene rings is 5. The Bertz CT molecular complexity index is 2350. The van der Waals surface area contributed by atoms with E-state index >= 15 is 0 Å². The third kappa shape index (κ3) is 20.7. The summed E-state index contributed by atoms with van der Waals surface area (Å²) in [6, 6.07) is 43.5. The minimum atomic E-state index is 0. The highest BCUT2D eigenvalue weighted by Gasteiger charge is 1.95. The molecule has 348 valence electrons. The van der Waals surface area contributed by atoms with Crippen LogP contribution in [-0.2, 0) is 0 Å². The van der Waals surface area contributed by atoms with Crippen LogP contribution < -0.4 is 0 Å². The van der Waals surface area contributed by atoms with E-state index in [2.05, 4.69) is 136 Å².